The average Bonchev–Trinajstić information content (AvgIpc) is 3.29. The van der Waals surface area contributed by atoms with E-state index in [0.29, 0.717) is 37.4 Å². The molecule has 0 spiro atoms. The lowest BCUT2D eigenvalue weighted by Crippen LogP contribution is -2.39. The van der Waals surface area contributed by atoms with Crippen molar-refractivity contribution in [2.75, 3.05) is 32.2 Å². The lowest BCUT2D eigenvalue weighted by Gasteiger charge is -2.31. The molecule has 0 aliphatic carbocycles. The van der Waals surface area contributed by atoms with Gasteiger partial charge < -0.3 is 14.4 Å². The molecule has 0 bridgehead atoms. The molecule has 1 aliphatic rings. The first kappa shape index (κ1) is 24.5. The van der Waals surface area contributed by atoms with Crippen LogP contribution in [0.4, 0.5) is 5.13 Å². The van der Waals surface area contributed by atoms with Crippen LogP contribution in [0.2, 0.25) is 0 Å². The summed E-state index contributed by atoms with van der Waals surface area (Å²) in [6.07, 6.45) is 1.96. The molecule has 0 radical (unpaired) electrons. The summed E-state index contributed by atoms with van der Waals surface area (Å²) >= 11 is 1.64. The Morgan fingerprint density at radius 3 is 2.26 bits per heavy atom. The standard InChI is InChI=1S/C26H32N2O4S2/c1-17-12-18(2)23(19(3)13-17)14-20-16-33-26(27-20)28-10-8-21(9-11-28)34(29,30)22-6-7-24(31-4)25(15-22)32-5/h6-7,12-13,15-16,21H,8-11,14H2,1-5H3. The highest BCUT2D eigenvalue weighted by Gasteiger charge is 2.32. The van der Waals surface area contributed by atoms with Crippen LogP contribution in [0, 0.1) is 20.8 Å². The smallest absolute Gasteiger partial charge is 0.185 e. The predicted octanol–water partition coefficient (Wildman–Crippen LogP) is 5.12. The predicted molar refractivity (Wildman–Crippen MR) is 138 cm³/mol. The molecular weight excluding hydrogens is 468 g/mol. The van der Waals surface area contributed by atoms with Gasteiger partial charge in [-0.15, -0.1) is 11.3 Å². The Morgan fingerprint density at radius 1 is 1.00 bits per heavy atom. The van der Waals surface area contributed by atoms with E-state index in [9.17, 15) is 8.42 Å². The molecule has 3 aromatic rings. The van der Waals surface area contributed by atoms with Crippen LogP contribution in [0.3, 0.4) is 0 Å². The van der Waals surface area contributed by atoms with Crippen LogP contribution in [-0.2, 0) is 16.3 Å². The van der Waals surface area contributed by atoms with Crippen LogP contribution in [0.15, 0.2) is 40.6 Å². The van der Waals surface area contributed by atoms with E-state index in [4.69, 9.17) is 14.5 Å². The fourth-order valence-electron chi connectivity index (χ4n) is 4.74. The number of methoxy groups -OCH3 is 2. The van der Waals surface area contributed by atoms with Gasteiger partial charge in [-0.25, -0.2) is 13.4 Å². The Balaban J connectivity index is 1.43. The third-order valence-electron chi connectivity index (χ3n) is 6.57. The van der Waals surface area contributed by atoms with Crippen molar-refractivity contribution < 1.29 is 17.9 Å². The van der Waals surface area contributed by atoms with Gasteiger partial charge in [-0.2, -0.15) is 0 Å². The minimum Gasteiger partial charge on any atom is -0.493 e. The van der Waals surface area contributed by atoms with E-state index in [1.165, 1.54) is 36.5 Å². The topological polar surface area (TPSA) is 68.7 Å². The molecule has 1 aromatic heterocycles. The Hall–Kier alpha value is -2.58. The molecule has 34 heavy (non-hydrogen) atoms. The van der Waals surface area contributed by atoms with Gasteiger partial charge in [0.1, 0.15) is 0 Å². The van der Waals surface area contributed by atoms with Gasteiger partial charge in [-0.1, -0.05) is 17.7 Å². The fourth-order valence-corrected chi connectivity index (χ4v) is 7.36. The number of aryl methyl sites for hydroxylation is 3. The molecule has 1 saturated heterocycles. The number of sulfone groups is 1. The summed E-state index contributed by atoms with van der Waals surface area (Å²) in [7, 11) is -0.406. The van der Waals surface area contributed by atoms with Crippen molar-refractivity contribution >= 4 is 26.3 Å². The number of rotatable bonds is 7. The largest absolute Gasteiger partial charge is 0.493 e. The van der Waals surface area contributed by atoms with Crippen LogP contribution in [-0.4, -0.2) is 46.0 Å². The molecule has 0 saturated carbocycles. The number of benzene rings is 2. The lowest BCUT2D eigenvalue weighted by molar-refractivity contribution is 0.354. The number of nitrogens with zero attached hydrogens (tertiary/aromatic N) is 2. The van der Waals surface area contributed by atoms with Crippen molar-refractivity contribution in [3.63, 3.8) is 0 Å². The molecule has 4 rings (SSSR count). The second-order valence-corrected chi connectivity index (χ2v) is 12.0. The third-order valence-corrected chi connectivity index (χ3v) is 9.78. The minimum atomic E-state index is -3.45. The van der Waals surface area contributed by atoms with Crippen molar-refractivity contribution in [1.29, 1.82) is 0 Å². The lowest BCUT2D eigenvalue weighted by atomic mass is 9.96. The van der Waals surface area contributed by atoms with Crippen molar-refractivity contribution in [2.24, 2.45) is 0 Å². The zero-order valence-corrected chi connectivity index (χ0v) is 22.1. The first-order chi connectivity index (χ1) is 16.2. The van der Waals surface area contributed by atoms with E-state index < -0.39 is 15.1 Å². The summed E-state index contributed by atoms with van der Waals surface area (Å²) in [6.45, 7) is 7.79. The molecule has 6 nitrogen and oxygen atoms in total. The number of hydrogen-bond donors (Lipinski definition) is 0. The first-order valence-electron chi connectivity index (χ1n) is 11.4. The van der Waals surface area contributed by atoms with E-state index in [1.807, 2.05) is 0 Å². The van der Waals surface area contributed by atoms with Gasteiger partial charge in [0, 0.05) is 31.0 Å². The van der Waals surface area contributed by atoms with Crippen LogP contribution < -0.4 is 14.4 Å². The quantitative estimate of drug-likeness (QED) is 0.449. The molecule has 8 heteroatoms. The molecule has 1 aliphatic heterocycles. The molecular formula is C26H32N2O4S2. The van der Waals surface area contributed by atoms with Crippen molar-refractivity contribution in [3.05, 3.63) is 63.7 Å². The number of anilines is 1. The van der Waals surface area contributed by atoms with Gasteiger partial charge in [-0.05, 0) is 62.4 Å². The molecule has 0 unspecified atom stereocenters. The second-order valence-electron chi connectivity index (χ2n) is 8.92. The number of aromatic nitrogens is 1. The summed E-state index contributed by atoms with van der Waals surface area (Å²) in [6, 6.07) is 9.25. The van der Waals surface area contributed by atoms with Crippen LogP contribution >= 0.6 is 11.3 Å². The molecule has 182 valence electrons. The molecule has 0 amide bonds. The number of piperidine rings is 1. The van der Waals surface area contributed by atoms with Crippen LogP contribution in [0.25, 0.3) is 0 Å². The van der Waals surface area contributed by atoms with E-state index in [-0.39, 0.29) is 4.90 Å². The van der Waals surface area contributed by atoms with Crippen molar-refractivity contribution in [1.82, 2.24) is 4.98 Å². The van der Waals surface area contributed by atoms with E-state index in [2.05, 4.69) is 43.2 Å². The zero-order chi connectivity index (χ0) is 24.5. The Morgan fingerprint density at radius 2 is 1.65 bits per heavy atom. The summed E-state index contributed by atoms with van der Waals surface area (Å²) in [5.41, 5.74) is 6.28. The normalized spacial score (nSPS) is 14.9. The minimum absolute atomic E-state index is 0.281. The van der Waals surface area contributed by atoms with Gasteiger partial charge in [0.15, 0.2) is 26.5 Å². The Labute approximate surface area is 206 Å². The third kappa shape index (κ3) is 4.93. The molecule has 2 aromatic carbocycles. The van der Waals surface area contributed by atoms with E-state index >= 15 is 0 Å². The van der Waals surface area contributed by atoms with Crippen molar-refractivity contribution in [2.45, 2.75) is 50.2 Å². The summed E-state index contributed by atoms with van der Waals surface area (Å²) in [4.78, 5) is 7.38. The van der Waals surface area contributed by atoms with Gasteiger partial charge in [0.05, 0.1) is 30.1 Å². The van der Waals surface area contributed by atoms with Crippen LogP contribution in [0.5, 0.6) is 11.5 Å². The highest BCUT2D eigenvalue weighted by Crippen LogP contribution is 2.34. The van der Waals surface area contributed by atoms with Gasteiger partial charge in [-0.3, -0.25) is 0 Å². The summed E-state index contributed by atoms with van der Waals surface area (Å²) < 4.78 is 37.1. The fraction of sp³-hybridized carbons (Fsp3) is 0.423. The first-order valence-corrected chi connectivity index (χ1v) is 13.9. The summed E-state index contributed by atoms with van der Waals surface area (Å²) in [5, 5.41) is 2.68. The zero-order valence-electron chi connectivity index (χ0n) is 20.4. The highest BCUT2D eigenvalue weighted by atomic mass is 32.2. The molecule has 1 fully saturated rings. The molecule has 2 heterocycles. The average molecular weight is 501 g/mol. The van der Waals surface area contributed by atoms with Gasteiger partial charge in [0.25, 0.3) is 0 Å². The van der Waals surface area contributed by atoms with Gasteiger partial charge >= 0.3 is 0 Å². The second kappa shape index (κ2) is 9.96. The monoisotopic (exact) mass is 500 g/mol. The molecule has 0 atom stereocenters. The number of hydrogen-bond acceptors (Lipinski definition) is 7. The van der Waals surface area contributed by atoms with Crippen molar-refractivity contribution in [3.8, 4) is 11.5 Å². The Kier molecular flexibility index (Phi) is 7.19. The maximum atomic E-state index is 13.3. The Bertz CT molecular complexity index is 1250. The maximum Gasteiger partial charge on any atom is 0.185 e. The molecule has 0 N–H and O–H groups in total. The van der Waals surface area contributed by atoms with E-state index in [1.54, 1.807) is 29.5 Å². The highest BCUT2D eigenvalue weighted by molar-refractivity contribution is 7.92. The SMILES string of the molecule is COc1ccc(S(=O)(=O)C2CCN(c3nc(Cc4c(C)cc(C)cc4C)cs3)CC2)cc1OC. The maximum absolute atomic E-state index is 13.3. The van der Waals surface area contributed by atoms with Gasteiger partial charge in [0.2, 0.25) is 0 Å². The van der Waals surface area contributed by atoms with Crippen LogP contribution in [0.1, 0.15) is 40.8 Å². The number of thiazole rings is 1. The number of ether oxygens (including phenoxy) is 2. The van der Waals surface area contributed by atoms with E-state index in [0.717, 1.165) is 17.2 Å². The summed E-state index contributed by atoms with van der Waals surface area (Å²) in [5.74, 6) is 0.947.